The van der Waals surface area contributed by atoms with Crippen molar-refractivity contribution in [2.75, 3.05) is 25.1 Å². The molecule has 4 rings (SSSR count). The lowest BCUT2D eigenvalue weighted by atomic mass is 10.0. The molecule has 0 aromatic heterocycles. The molecule has 4 aromatic carbocycles. The minimum absolute atomic E-state index is 0.00213. The number of halogens is 1. The molecule has 2 amide bonds. The summed E-state index contributed by atoms with van der Waals surface area (Å²) in [4.78, 5) is 30.0. The fraction of sp³-hybridized carbons (Fsp3) is 0.278. The van der Waals surface area contributed by atoms with Gasteiger partial charge < -0.3 is 19.7 Å². The quantitative estimate of drug-likeness (QED) is 0.168. The molecular formula is C36H40BrN3O6S. The number of hydrogen-bond acceptors (Lipinski definition) is 6. The summed E-state index contributed by atoms with van der Waals surface area (Å²) in [6, 6.07) is 26.9. The number of carbonyl (C=O) groups excluding carboxylic acids is 2. The van der Waals surface area contributed by atoms with Gasteiger partial charge in [0, 0.05) is 29.5 Å². The lowest BCUT2D eigenvalue weighted by Crippen LogP contribution is -2.54. The molecule has 0 radical (unpaired) electrons. The van der Waals surface area contributed by atoms with Crippen LogP contribution in [0.2, 0.25) is 0 Å². The van der Waals surface area contributed by atoms with E-state index in [2.05, 4.69) is 21.2 Å². The van der Waals surface area contributed by atoms with Crippen LogP contribution in [0.25, 0.3) is 0 Å². The van der Waals surface area contributed by atoms with Crippen LogP contribution in [-0.2, 0) is 32.6 Å². The van der Waals surface area contributed by atoms with Gasteiger partial charge in [-0.3, -0.25) is 13.9 Å². The molecule has 9 nitrogen and oxygen atoms in total. The Morgan fingerprint density at radius 1 is 0.851 bits per heavy atom. The number of nitrogens with zero attached hydrogens (tertiary/aromatic N) is 2. The highest BCUT2D eigenvalue weighted by Crippen LogP contribution is 2.36. The molecule has 0 heterocycles. The average Bonchev–Trinajstić information content (AvgIpc) is 3.05. The molecule has 0 aliphatic rings. The van der Waals surface area contributed by atoms with Gasteiger partial charge in [0.1, 0.15) is 24.1 Å². The monoisotopic (exact) mass is 721 g/mol. The highest BCUT2D eigenvalue weighted by molar-refractivity contribution is 9.10. The van der Waals surface area contributed by atoms with E-state index < -0.39 is 28.5 Å². The predicted octanol–water partition coefficient (Wildman–Crippen LogP) is 6.13. The van der Waals surface area contributed by atoms with Crippen molar-refractivity contribution in [3.8, 4) is 11.5 Å². The second-order valence-corrected chi connectivity index (χ2v) is 14.2. The molecule has 11 heteroatoms. The van der Waals surface area contributed by atoms with Crippen molar-refractivity contribution in [2.24, 2.45) is 0 Å². The van der Waals surface area contributed by atoms with Crippen molar-refractivity contribution >= 4 is 43.5 Å². The predicted molar refractivity (Wildman–Crippen MR) is 187 cm³/mol. The fourth-order valence-electron chi connectivity index (χ4n) is 5.11. The van der Waals surface area contributed by atoms with E-state index in [9.17, 15) is 18.0 Å². The summed E-state index contributed by atoms with van der Waals surface area (Å²) < 4.78 is 41.6. The normalized spacial score (nSPS) is 11.9. The molecular weight excluding hydrogens is 682 g/mol. The van der Waals surface area contributed by atoms with Crippen LogP contribution in [0, 0.1) is 6.92 Å². The molecule has 0 saturated heterocycles. The second kappa shape index (κ2) is 16.0. The molecule has 0 bridgehead atoms. The number of amides is 2. The molecule has 0 spiro atoms. The number of sulfonamides is 1. The number of carbonyl (C=O) groups is 2. The molecule has 47 heavy (non-hydrogen) atoms. The standard InChI is InChI=1S/C36H40BrN3O6S/c1-25(2)38-36(42)33(21-27-10-7-6-8-11-27)39(23-28-12-9-13-29(37)20-28)35(41)24-40(32-22-30(45-4)16-19-34(32)46-5)47(43,44)31-17-14-26(3)15-18-31/h6-20,22,25,33H,21,23-24H2,1-5H3,(H,38,42)/t33-/m0/s1. The molecule has 1 N–H and O–H groups in total. The Morgan fingerprint density at radius 3 is 2.15 bits per heavy atom. The first-order valence-electron chi connectivity index (χ1n) is 15.1. The van der Waals surface area contributed by atoms with Crippen LogP contribution in [0.4, 0.5) is 5.69 Å². The zero-order valence-electron chi connectivity index (χ0n) is 27.1. The summed E-state index contributed by atoms with van der Waals surface area (Å²) in [6.45, 7) is 4.99. The molecule has 4 aromatic rings. The summed E-state index contributed by atoms with van der Waals surface area (Å²) in [5.74, 6) is -0.322. The van der Waals surface area contributed by atoms with Crippen LogP contribution >= 0.6 is 15.9 Å². The van der Waals surface area contributed by atoms with E-state index in [0.29, 0.717) is 5.75 Å². The third-order valence-electron chi connectivity index (χ3n) is 7.49. The molecule has 1 atom stereocenters. The first-order chi connectivity index (χ1) is 22.4. The van der Waals surface area contributed by atoms with Crippen molar-refractivity contribution in [3.05, 3.63) is 118 Å². The van der Waals surface area contributed by atoms with E-state index in [-0.39, 0.29) is 41.2 Å². The van der Waals surface area contributed by atoms with Crippen LogP contribution in [0.5, 0.6) is 11.5 Å². The Kier molecular flexibility index (Phi) is 12.1. The number of benzene rings is 4. The van der Waals surface area contributed by atoms with Gasteiger partial charge in [0.2, 0.25) is 11.8 Å². The number of ether oxygens (including phenoxy) is 2. The lowest BCUT2D eigenvalue weighted by molar-refractivity contribution is -0.140. The van der Waals surface area contributed by atoms with Gasteiger partial charge in [-0.2, -0.15) is 0 Å². The van der Waals surface area contributed by atoms with Crippen LogP contribution in [0.15, 0.2) is 106 Å². The number of hydrogen-bond donors (Lipinski definition) is 1. The van der Waals surface area contributed by atoms with Crippen molar-refractivity contribution in [1.29, 1.82) is 0 Å². The molecule has 0 aliphatic heterocycles. The van der Waals surface area contributed by atoms with Crippen molar-refractivity contribution in [3.63, 3.8) is 0 Å². The molecule has 248 valence electrons. The second-order valence-electron chi connectivity index (χ2n) is 11.4. The minimum Gasteiger partial charge on any atom is -0.497 e. The average molecular weight is 723 g/mol. The summed E-state index contributed by atoms with van der Waals surface area (Å²) in [5.41, 5.74) is 2.61. The van der Waals surface area contributed by atoms with Gasteiger partial charge in [-0.1, -0.05) is 76.1 Å². The fourth-order valence-corrected chi connectivity index (χ4v) is 6.97. The lowest BCUT2D eigenvalue weighted by Gasteiger charge is -2.34. The van der Waals surface area contributed by atoms with Crippen LogP contribution in [0.3, 0.4) is 0 Å². The van der Waals surface area contributed by atoms with Crippen LogP contribution in [0.1, 0.15) is 30.5 Å². The summed E-state index contributed by atoms with van der Waals surface area (Å²) in [6.07, 6.45) is 0.215. The van der Waals surface area contributed by atoms with Crippen molar-refractivity contribution in [1.82, 2.24) is 10.2 Å². The van der Waals surface area contributed by atoms with Gasteiger partial charge in [-0.15, -0.1) is 0 Å². The van der Waals surface area contributed by atoms with E-state index >= 15 is 0 Å². The first kappa shape index (κ1) is 35.5. The zero-order chi connectivity index (χ0) is 34.1. The Morgan fingerprint density at radius 2 is 1.53 bits per heavy atom. The SMILES string of the molecule is COc1ccc(OC)c(N(CC(=O)N(Cc2cccc(Br)c2)[C@@H](Cc2ccccc2)C(=O)NC(C)C)S(=O)(=O)c2ccc(C)cc2)c1. The maximum atomic E-state index is 14.7. The van der Waals surface area contributed by atoms with Gasteiger partial charge in [0.05, 0.1) is 24.8 Å². The summed E-state index contributed by atoms with van der Waals surface area (Å²) >= 11 is 3.50. The van der Waals surface area contributed by atoms with Gasteiger partial charge in [-0.25, -0.2) is 8.42 Å². The number of anilines is 1. The highest BCUT2D eigenvalue weighted by Gasteiger charge is 2.36. The van der Waals surface area contributed by atoms with Gasteiger partial charge in [0.15, 0.2) is 0 Å². The Balaban J connectivity index is 1.87. The maximum absolute atomic E-state index is 14.7. The van der Waals surface area contributed by atoms with Crippen LogP contribution < -0.4 is 19.1 Å². The number of methoxy groups -OCH3 is 2. The van der Waals surface area contributed by atoms with E-state index in [1.165, 1.54) is 37.3 Å². The van der Waals surface area contributed by atoms with E-state index in [4.69, 9.17) is 9.47 Å². The first-order valence-corrected chi connectivity index (χ1v) is 17.4. The Labute approximate surface area is 285 Å². The van der Waals surface area contributed by atoms with E-state index in [1.807, 2.05) is 75.4 Å². The number of aryl methyl sites for hydroxylation is 1. The third-order valence-corrected chi connectivity index (χ3v) is 9.75. The molecule has 0 unspecified atom stereocenters. The Bertz CT molecular complexity index is 1780. The van der Waals surface area contributed by atoms with Crippen molar-refractivity contribution in [2.45, 2.75) is 50.7 Å². The topological polar surface area (TPSA) is 105 Å². The van der Waals surface area contributed by atoms with Gasteiger partial charge in [-0.05, 0) is 68.3 Å². The molecule has 0 saturated carbocycles. The molecule has 0 fully saturated rings. The number of rotatable bonds is 14. The summed E-state index contributed by atoms with van der Waals surface area (Å²) in [7, 11) is -1.42. The third kappa shape index (κ3) is 9.14. The van der Waals surface area contributed by atoms with Crippen molar-refractivity contribution < 1.29 is 27.5 Å². The smallest absolute Gasteiger partial charge is 0.264 e. The number of nitrogens with one attached hydrogen (secondary N) is 1. The van der Waals surface area contributed by atoms with E-state index in [0.717, 1.165) is 25.5 Å². The van der Waals surface area contributed by atoms with Crippen LogP contribution in [-0.4, -0.2) is 58.0 Å². The zero-order valence-corrected chi connectivity index (χ0v) is 29.5. The minimum atomic E-state index is -4.32. The summed E-state index contributed by atoms with van der Waals surface area (Å²) in [5, 5.41) is 2.96. The largest absolute Gasteiger partial charge is 0.497 e. The highest BCUT2D eigenvalue weighted by atomic mass is 79.9. The van der Waals surface area contributed by atoms with Gasteiger partial charge >= 0.3 is 0 Å². The van der Waals surface area contributed by atoms with E-state index in [1.54, 1.807) is 24.3 Å². The maximum Gasteiger partial charge on any atom is 0.264 e. The Hall–Kier alpha value is -4.35. The van der Waals surface area contributed by atoms with Gasteiger partial charge in [0.25, 0.3) is 10.0 Å². The molecule has 0 aliphatic carbocycles.